The van der Waals surface area contributed by atoms with Crippen molar-refractivity contribution in [2.75, 3.05) is 39.6 Å². The van der Waals surface area contributed by atoms with E-state index >= 15 is 0 Å². The highest BCUT2D eigenvalue weighted by Crippen LogP contribution is 2.22. The molecule has 2 aromatic rings. The molecule has 0 aliphatic carbocycles. The second-order valence-corrected chi connectivity index (χ2v) is 6.51. The van der Waals surface area contributed by atoms with E-state index in [9.17, 15) is 0 Å². The van der Waals surface area contributed by atoms with Crippen molar-refractivity contribution in [3.63, 3.8) is 0 Å². The van der Waals surface area contributed by atoms with Gasteiger partial charge in [-0.2, -0.15) is 5.10 Å². The predicted octanol–water partition coefficient (Wildman–Crippen LogP) is 2.19. The quantitative estimate of drug-likeness (QED) is 0.850. The highest BCUT2D eigenvalue weighted by atomic mass is 15.4. The van der Waals surface area contributed by atoms with Crippen LogP contribution in [-0.4, -0.2) is 49.4 Å². The van der Waals surface area contributed by atoms with Gasteiger partial charge in [-0.3, -0.25) is 4.68 Å². The third-order valence-corrected chi connectivity index (χ3v) is 4.01. The highest BCUT2D eigenvalue weighted by molar-refractivity contribution is 5.48. The van der Waals surface area contributed by atoms with E-state index in [1.54, 1.807) is 0 Å². The second kappa shape index (κ2) is 7.62. The number of anilines is 1. The maximum atomic E-state index is 4.57. The van der Waals surface area contributed by atoms with Gasteiger partial charge in [0.2, 0.25) is 0 Å². The minimum Gasteiger partial charge on any atom is -0.363 e. The van der Waals surface area contributed by atoms with Crippen molar-refractivity contribution in [1.82, 2.24) is 20.0 Å². The van der Waals surface area contributed by atoms with Crippen LogP contribution in [0.4, 0.5) is 5.82 Å². The molecule has 1 aromatic heterocycles. The van der Waals surface area contributed by atoms with E-state index in [2.05, 4.69) is 85.7 Å². The molecule has 5 nitrogen and oxygen atoms in total. The van der Waals surface area contributed by atoms with E-state index in [0.717, 1.165) is 24.6 Å². The zero-order chi connectivity index (χ0) is 17.0. The Balaban J connectivity index is 2.19. The van der Waals surface area contributed by atoms with Gasteiger partial charge in [0.05, 0.1) is 5.69 Å². The largest absolute Gasteiger partial charge is 0.363 e. The van der Waals surface area contributed by atoms with E-state index in [1.807, 2.05) is 11.7 Å². The topological polar surface area (TPSA) is 36.3 Å². The number of benzene rings is 1. The van der Waals surface area contributed by atoms with Gasteiger partial charge in [-0.15, -0.1) is 0 Å². The number of aromatic nitrogens is 2. The van der Waals surface area contributed by atoms with Crippen molar-refractivity contribution in [1.29, 1.82) is 0 Å². The molecule has 0 unspecified atom stereocenters. The van der Waals surface area contributed by atoms with Gasteiger partial charge in [-0.05, 0) is 26.6 Å². The molecule has 0 aliphatic heterocycles. The summed E-state index contributed by atoms with van der Waals surface area (Å²) in [5, 5.41) is 8.28. The molecular formula is C18H29N5. The Labute approximate surface area is 139 Å². The Hall–Kier alpha value is -1.85. The van der Waals surface area contributed by atoms with Crippen LogP contribution in [-0.2, 0) is 13.6 Å². The van der Waals surface area contributed by atoms with E-state index in [1.165, 1.54) is 11.1 Å². The Morgan fingerprint density at radius 1 is 1.13 bits per heavy atom. The first-order chi connectivity index (χ1) is 10.9. The van der Waals surface area contributed by atoms with Crippen LogP contribution >= 0.6 is 0 Å². The smallest absolute Gasteiger partial charge is 0.130 e. The van der Waals surface area contributed by atoms with Gasteiger partial charge in [0.25, 0.3) is 0 Å². The van der Waals surface area contributed by atoms with Gasteiger partial charge in [0, 0.05) is 45.8 Å². The molecule has 0 radical (unpaired) electrons. The molecule has 0 saturated heterocycles. The molecule has 1 heterocycles. The lowest BCUT2D eigenvalue weighted by atomic mass is 10.1. The van der Waals surface area contributed by atoms with Crippen molar-refractivity contribution in [2.24, 2.45) is 7.05 Å². The van der Waals surface area contributed by atoms with Crippen LogP contribution in [0.2, 0.25) is 0 Å². The lowest BCUT2D eigenvalue weighted by Gasteiger charge is -2.24. The molecule has 0 saturated carbocycles. The van der Waals surface area contributed by atoms with E-state index in [0.29, 0.717) is 6.04 Å². The molecule has 2 rings (SSSR count). The fraction of sp³-hybridized carbons (Fsp3) is 0.500. The normalized spacial score (nSPS) is 12.7. The minimum atomic E-state index is 0.292. The lowest BCUT2D eigenvalue weighted by Crippen LogP contribution is -2.31. The maximum absolute atomic E-state index is 4.57. The molecule has 23 heavy (non-hydrogen) atoms. The fourth-order valence-electron chi connectivity index (χ4n) is 3.02. The van der Waals surface area contributed by atoms with Gasteiger partial charge in [0.15, 0.2) is 0 Å². The number of rotatable bonds is 7. The van der Waals surface area contributed by atoms with Crippen molar-refractivity contribution in [2.45, 2.75) is 19.5 Å². The van der Waals surface area contributed by atoms with Crippen LogP contribution in [0.1, 0.15) is 22.9 Å². The highest BCUT2D eigenvalue weighted by Gasteiger charge is 2.18. The molecule has 5 heteroatoms. The van der Waals surface area contributed by atoms with Crippen LogP contribution in [0.25, 0.3) is 0 Å². The van der Waals surface area contributed by atoms with Crippen LogP contribution in [0.15, 0.2) is 30.3 Å². The van der Waals surface area contributed by atoms with Gasteiger partial charge < -0.3 is 15.1 Å². The van der Waals surface area contributed by atoms with E-state index < -0.39 is 0 Å². The van der Waals surface area contributed by atoms with Crippen LogP contribution < -0.4 is 10.2 Å². The van der Waals surface area contributed by atoms with Crippen molar-refractivity contribution in [3.05, 3.63) is 47.2 Å². The molecule has 0 bridgehead atoms. The Morgan fingerprint density at radius 2 is 1.78 bits per heavy atom. The van der Waals surface area contributed by atoms with Gasteiger partial charge in [-0.25, -0.2) is 0 Å². The van der Waals surface area contributed by atoms with Crippen molar-refractivity contribution in [3.8, 4) is 0 Å². The maximum Gasteiger partial charge on any atom is 0.130 e. The Kier molecular flexibility index (Phi) is 5.80. The van der Waals surface area contributed by atoms with E-state index in [-0.39, 0.29) is 0 Å². The summed E-state index contributed by atoms with van der Waals surface area (Å²) >= 11 is 0. The third kappa shape index (κ3) is 4.33. The molecule has 0 aliphatic rings. The molecular weight excluding hydrogens is 286 g/mol. The zero-order valence-corrected chi connectivity index (χ0v) is 15.2. The first kappa shape index (κ1) is 17.5. The molecule has 1 aromatic carbocycles. The number of nitrogens with one attached hydrogen (secondary N) is 1. The molecule has 1 N–H and O–H groups in total. The Bertz CT molecular complexity index is 616. The lowest BCUT2D eigenvalue weighted by molar-refractivity contribution is 0.340. The molecule has 0 fully saturated rings. The average molecular weight is 315 g/mol. The number of nitrogens with zero attached hydrogens (tertiary/aromatic N) is 4. The summed E-state index contributed by atoms with van der Waals surface area (Å²) in [6, 6.07) is 10.9. The molecule has 1 atom stereocenters. The van der Waals surface area contributed by atoms with E-state index in [4.69, 9.17) is 0 Å². The monoisotopic (exact) mass is 315 g/mol. The fourth-order valence-corrected chi connectivity index (χ4v) is 3.02. The molecule has 0 amide bonds. The SMILES string of the molecule is Cc1nn(C)c(N(C)C)c1CN[C@@H](CN(C)C)c1ccccc1. The zero-order valence-electron chi connectivity index (χ0n) is 15.2. The van der Waals surface area contributed by atoms with Crippen molar-refractivity contribution >= 4 is 5.82 Å². The number of hydrogen-bond donors (Lipinski definition) is 1. The van der Waals surface area contributed by atoms with Crippen LogP contribution in [0.3, 0.4) is 0 Å². The number of hydrogen-bond acceptors (Lipinski definition) is 4. The molecule has 126 valence electrons. The van der Waals surface area contributed by atoms with Gasteiger partial charge >= 0.3 is 0 Å². The molecule has 0 spiro atoms. The van der Waals surface area contributed by atoms with Gasteiger partial charge in [-0.1, -0.05) is 30.3 Å². The number of aryl methyl sites for hydroxylation is 2. The summed E-state index contributed by atoms with van der Waals surface area (Å²) < 4.78 is 1.95. The first-order valence-corrected chi connectivity index (χ1v) is 8.03. The number of likely N-dealkylation sites (N-methyl/N-ethyl adjacent to an activating group) is 1. The van der Waals surface area contributed by atoms with Crippen LogP contribution in [0, 0.1) is 6.92 Å². The summed E-state index contributed by atoms with van der Waals surface area (Å²) in [6.45, 7) is 3.84. The predicted molar refractivity (Wildman–Crippen MR) is 96.8 cm³/mol. The summed E-state index contributed by atoms with van der Waals surface area (Å²) in [4.78, 5) is 4.34. The summed E-state index contributed by atoms with van der Waals surface area (Å²) in [6.07, 6.45) is 0. The summed E-state index contributed by atoms with van der Waals surface area (Å²) in [7, 11) is 10.3. The third-order valence-electron chi connectivity index (χ3n) is 4.01. The first-order valence-electron chi connectivity index (χ1n) is 8.03. The minimum absolute atomic E-state index is 0.292. The van der Waals surface area contributed by atoms with Crippen LogP contribution in [0.5, 0.6) is 0 Å². The summed E-state index contributed by atoms with van der Waals surface area (Å²) in [5.74, 6) is 1.16. The van der Waals surface area contributed by atoms with Gasteiger partial charge in [0.1, 0.15) is 5.82 Å². The standard InChI is InChI=1S/C18H29N5/c1-14-16(18(22(4)5)23(6)20-14)12-19-17(13-21(2)3)15-10-8-7-9-11-15/h7-11,17,19H,12-13H2,1-6H3/t17-/m0/s1. The Morgan fingerprint density at radius 3 is 2.35 bits per heavy atom. The van der Waals surface area contributed by atoms with Crippen molar-refractivity contribution < 1.29 is 0 Å². The second-order valence-electron chi connectivity index (χ2n) is 6.51. The summed E-state index contributed by atoms with van der Waals surface area (Å²) in [5.41, 5.74) is 3.66. The average Bonchev–Trinajstić information content (AvgIpc) is 2.78.